The normalized spacial score (nSPS) is 19.8. The molecule has 0 amide bonds. The summed E-state index contributed by atoms with van der Waals surface area (Å²) in [5, 5.41) is 3.54. The molecule has 1 N–H and O–H groups in total. The van der Waals surface area contributed by atoms with Crippen molar-refractivity contribution in [3.8, 4) is 0 Å². The van der Waals surface area contributed by atoms with Crippen molar-refractivity contribution < 1.29 is 0 Å². The summed E-state index contributed by atoms with van der Waals surface area (Å²) in [4.78, 5) is 17.7. The first-order valence-electron chi connectivity index (χ1n) is 9.34. The van der Waals surface area contributed by atoms with Crippen LogP contribution in [0.4, 0.5) is 5.95 Å². The highest BCUT2D eigenvalue weighted by molar-refractivity contribution is 5.80. The van der Waals surface area contributed by atoms with Gasteiger partial charge in [0.25, 0.3) is 0 Å². The molecule has 0 unspecified atom stereocenters. The molecule has 6 nitrogen and oxygen atoms in total. The van der Waals surface area contributed by atoms with Gasteiger partial charge in [0.1, 0.15) is 0 Å². The third kappa shape index (κ3) is 4.58. The summed E-state index contributed by atoms with van der Waals surface area (Å²) in [6, 6.07) is 1.86. The van der Waals surface area contributed by atoms with Crippen LogP contribution in [0.2, 0.25) is 0 Å². The van der Waals surface area contributed by atoms with E-state index < -0.39 is 0 Å². The Kier molecular flexibility index (Phi) is 6.26. The van der Waals surface area contributed by atoms with Crippen LogP contribution in [0.3, 0.4) is 0 Å². The quantitative estimate of drug-likeness (QED) is 0.509. The average molecular weight is 330 g/mol. The van der Waals surface area contributed by atoms with Gasteiger partial charge in [0.2, 0.25) is 5.95 Å². The van der Waals surface area contributed by atoms with Crippen molar-refractivity contribution >= 4 is 11.9 Å². The maximum absolute atomic E-state index is 4.46. The van der Waals surface area contributed by atoms with Crippen molar-refractivity contribution in [3.05, 3.63) is 18.5 Å². The number of aliphatic imine (C=N–C) groups is 1. The Morgan fingerprint density at radius 2 is 1.88 bits per heavy atom. The molecule has 6 heteroatoms. The van der Waals surface area contributed by atoms with E-state index in [0.717, 1.165) is 50.5 Å². The fourth-order valence-electron chi connectivity index (χ4n) is 3.80. The van der Waals surface area contributed by atoms with Gasteiger partial charge in [-0.25, -0.2) is 9.97 Å². The summed E-state index contributed by atoms with van der Waals surface area (Å²) in [7, 11) is 1.88. The lowest BCUT2D eigenvalue weighted by Gasteiger charge is -2.36. The average Bonchev–Trinajstić information content (AvgIpc) is 3.16. The maximum Gasteiger partial charge on any atom is 0.225 e. The summed E-state index contributed by atoms with van der Waals surface area (Å²) < 4.78 is 0. The highest BCUT2D eigenvalue weighted by atomic mass is 15.4. The molecule has 0 spiro atoms. The van der Waals surface area contributed by atoms with Gasteiger partial charge in [-0.3, -0.25) is 4.99 Å². The largest absolute Gasteiger partial charge is 0.356 e. The molecule has 132 valence electrons. The maximum atomic E-state index is 4.46. The van der Waals surface area contributed by atoms with Crippen LogP contribution in [0.1, 0.15) is 38.5 Å². The Balaban J connectivity index is 1.39. The molecule has 1 saturated carbocycles. The molecular weight excluding hydrogens is 300 g/mol. The van der Waals surface area contributed by atoms with Crippen molar-refractivity contribution in [3.63, 3.8) is 0 Å². The SMILES string of the molecule is CN=C(NCCCC1CCCC1)N1CCN(c2ncccn2)CC1. The lowest BCUT2D eigenvalue weighted by atomic mass is 10.0. The zero-order valence-corrected chi connectivity index (χ0v) is 14.8. The van der Waals surface area contributed by atoms with E-state index in [9.17, 15) is 0 Å². The Labute approximate surface area is 145 Å². The Bertz CT molecular complexity index is 504. The molecule has 1 saturated heterocycles. The van der Waals surface area contributed by atoms with Gasteiger partial charge in [-0.2, -0.15) is 0 Å². The van der Waals surface area contributed by atoms with Crippen LogP contribution >= 0.6 is 0 Å². The molecule has 0 radical (unpaired) electrons. The molecule has 1 aromatic rings. The molecule has 2 heterocycles. The first-order chi connectivity index (χ1) is 11.9. The lowest BCUT2D eigenvalue weighted by molar-refractivity contribution is 0.368. The van der Waals surface area contributed by atoms with Gasteiger partial charge >= 0.3 is 0 Å². The van der Waals surface area contributed by atoms with E-state index in [1.807, 2.05) is 13.1 Å². The van der Waals surface area contributed by atoms with Crippen molar-refractivity contribution in [1.82, 2.24) is 20.2 Å². The van der Waals surface area contributed by atoms with E-state index in [-0.39, 0.29) is 0 Å². The smallest absolute Gasteiger partial charge is 0.225 e. The van der Waals surface area contributed by atoms with Crippen molar-refractivity contribution in [2.45, 2.75) is 38.5 Å². The van der Waals surface area contributed by atoms with E-state index in [2.05, 4.69) is 30.1 Å². The van der Waals surface area contributed by atoms with E-state index in [0.29, 0.717) is 0 Å². The Hall–Kier alpha value is -1.85. The lowest BCUT2D eigenvalue weighted by Crippen LogP contribution is -2.53. The van der Waals surface area contributed by atoms with Gasteiger partial charge in [0.05, 0.1) is 0 Å². The zero-order valence-electron chi connectivity index (χ0n) is 14.8. The first kappa shape index (κ1) is 17.0. The minimum absolute atomic E-state index is 0.830. The zero-order chi connectivity index (χ0) is 16.6. The Morgan fingerprint density at radius 1 is 1.17 bits per heavy atom. The fraction of sp³-hybridized carbons (Fsp3) is 0.722. The monoisotopic (exact) mass is 330 g/mol. The number of nitrogens with zero attached hydrogens (tertiary/aromatic N) is 5. The minimum Gasteiger partial charge on any atom is -0.356 e. The van der Waals surface area contributed by atoms with Gasteiger partial charge < -0.3 is 15.1 Å². The second kappa shape index (κ2) is 8.85. The number of guanidine groups is 1. The molecule has 1 aliphatic carbocycles. The van der Waals surface area contributed by atoms with Crippen LogP contribution in [-0.4, -0.2) is 60.6 Å². The molecule has 1 aromatic heterocycles. The van der Waals surface area contributed by atoms with Crippen molar-refractivity contribution in [1.29, 1.82) is 0 Å². The van der Waals surface area contributed by atoms with E-state index >= 15 is 0 Å². The highest BCUT2D eigenvalue weighted by Crippen LogP contribution is 2.28. The summed E-state index contributed by atoms with van der Waals surface area (Å²) >= 11 is 0. The van der Waals surface area contributed by atoms with E-state index in [1.54, 1.807) is 12.4 Å². The van der Waals surface area contributed by atoms with Crippen LogP contribution in [0.15, 0.2) is 23.5 Å². The summed E-state index contributed by atoms with van der Waals surface area (Å²) in [5.74, 6) is 2.84. The van der Waals surface area contributed by atoms with Gasteiger partial charge in [-0.05, 0) is 24.8 Å². The van der Waals surface area contributed by atoms with Crippen LogP contribution in [0.25, 0.3) is 0 Å². The van der Waals surface area contributed by atoms with E-state index in [1.165, 1.54) is 38.5 Å². The summed E-state index contributed by atoms with van der Waals surface area (Å²) in [6.45, 7) is 4.83. The third-order valence-corrected chi connectivity index (χ3v) is 5.17. The predicted octanol–water partition coefficient (Wildman–Crippen LogP) is 2.14. The minimum atomic E-state index is 0.830. The number of nitrogens with one attached hydrogen (secondary N) is 1. The second-order valence-electron chi connectivity index (χ2n) is 6.79. The molecule has 0 atom stereocenters. The molecule has 2 fully saturated rings. The highest BCUT2D eigenvalue weighted by Gasteiger charge is 2.21. The van der Waals surface area contributed by atoms with Crippen LogP contribution < -0.4 is 10.2 Å². The first-order valence-corrected chi connectivity index (χ1v) is 9.34. The molecule has 2 aliphatic rings. The van der Waals surface area contributed by atoms with Crippen molar-refractivity contribution in [2.75, 3.05) is 44.7 Å². The number of aromatic nitrogens is 2. The topological polar surface area (TPSA) is 56.7 Å². The van der Waals surface area contributed by atoms with Gasteiger partial charge in [-0.15, -0.1) is 0 Å². The second-order valence-corrected chi connectivity index (χ2v) is 6.79. The molecule has 24 heavy (non-hydrogen) atoms. The summed E-state index contributed by atoms with van der Waals surface area (Å²) in [5.41, 5.74) is 0. The van der Waals surface area contributed by atoms with Gasteiger partial charge in [0, 0.05) is 52.2 Å². The predicted molar refractivity (Wildman–Crippen MR) is 98.4 cm³/mol. The fourth-order valence-corrected chi connectivity index (χ4v) is 3.80. The number of hydrogen-bond donors (Lipinski definition) is 1. The van der Waals surface area contributed by atoms with Gasteiger partial charge in [0.15, 0.2) is 5.96 Å². The molecule has 0 bridgehead atoms. The number of anilines is 1. The molecule has 3 rings (SSSR count). The number of rotatable bonds is 5. The third-order valence-electron chi connectivity index (χ3n) is 5.17. The Morgan fingerprint density at radius 3 is 2.54 bits per heavy atom. The summed E-state index contributed by atoms with van der Waals surface area (Å²) in [6.07, 6.45) is 12.0. The standard InChI is InChI=1S/C18H30N6/c1-19-17(20-9-4-8-16-6-2-3-7-16)23-12-14-24(15-13-23)18-21-10-5-11-22-18/h5,10-11,16H,2-4,6-9,12-15H2,1H3,(H,19,20). The number of piperazine rings is 1. The van der Waals surface area contributed by atoms with E-state index in [4.69, 9.17) is 0 Å². The molecule has 1 aliphatic heterocycles. The van der Waals surface area contributed by atoms with Gasteiger partial charge in [-0.1, -0.05) is 25.7 Å². The van der Waals surface area contributed by atoms with Crippen molar-refractivity contribution in [2.24, 2.45) is 10.9 Å². The van der Waals surface area contributed by atoms with Crippen LogP contribution in [0, 0.1) is 5.92 Å². The molecular formula is C18H30N6. The number of hydrogen-bond acceptors (Lipinski definition) is 4. The van der Waals surface area contributed by atoms with Crippen LogP contribution in [0.5, 0.6) is 0 Å². The van der Waals surface area contributed by atoms with Crippen LogP contribution in [-0.2, 0) is 0 Å². The molecule has 0 aromatic carbocycles.